The van der Waals surface area contributed by atoms with Crippen molar-refractivity contribution < 1.29 is 26.1 Å². The zero-order valence-corrected chi connectivity index (χ0v) is 16.8. The predicted molar refractivity (Wildman–Crippen MR) is 101 cm³/mol. The smallest absolute Gasteiger partial charge is 0.380 e. The second kappa shape index (κ2) is 7.13. The Hall–Kier alpha value is -1.41. The maximum Gasteiger partial charge on any atom is 0.380 e. The number of fused-ring (bicyclic) bond motifs is 5. The zero-order valence-electron chi connectivity index (χ0n) is 16.0. The molecule has 3 aliphatic rings. The van der Waals surface area contributed by atoms with E-state index in [2.05, 4.69) is 0 Å². The lowest BCUT2D eigenvalue weighted by Crippen LogP contribution is -2.42. The molecule has 0 unspecified atom stereocenters. The molecule has 2 N–H and O–H groups in total. The van der Waals surface area contributed by atoms with Crippen LogP contribution in [0.4, 0.5) is 8.78 Å². The number of nitrogens with two attached hydrogens (primary N) is 1. The molecule has 1 aromatic carbocycles. The standard InChI is InChI=1S/C20H27F2NO4S/c1-26-17-10-15-12(9-18(17)27-28(23,24)25)4-5-14-13(15)6-8-20(11-19(21)22)7-2-3-16(14)20/h9-10,13-14,16,19H,2-8,11H2,1H3,(H2,23,24,25)/t13-,14+,16-,20-/m0/s1. The first-order valence-corrected chi connectivity index (χ1v) is 11.4. The van der Waals surface area contributed by atoms with Crippen molar-refractivity contribution in [1.82, 2.24) is 0 Å². The highest BCUT2D eigenvalue weighted by Gasteiger charge is 2.53. The van der Waals surface area contributed by atoms with Crippen molar-refractivity contribution in [3.8, 4) is 11.5 Å². The summed E-state index contributed by atoms with van der Waals surface area (Å²) in [6, 6.07) is 3.58. The number of halogens is 2. The van der Waals surface area contributed by atoms with Gasteiger partial charge in [0.25, 0.3) is 0 Å². The molecule has 4 atom stereocenters. The van der Waals surface area contributed by atoms with Crippen LogP contribution < -0.4 is 14.1 Å². The molecule has 28 heavy (non-hydrogen) atoms. The number of benzene rings is 1. The second-order valence-electron chi connectivity index (χ2n) is 8.58. The van der Waals surface area contributed by atoms with Crippen molar-refractivity contribution in [2.24, 2.45) is 22.4 Å². The fourth-order valence-electron chi connectivity index (χ4n) is 6.38. The van der Waals surface area contributed by atoms with Gasteiger partial charge in [-0.3, -0.25) is 0 Å². The minimum Gasteiger partial charge on any atom is -0.493 e. The number of rotatable bonds is 5. The molecule has 5 nitrogen and oxygen atoms in total. The quantitative estimate of drug-likeness (QED) is 0.783. The molecule has 0 bridgehead atoms. The Morgan fingerprint density at radius 3 is 2.68 bits per heavy atom. The molecule has 0 aromatic heterocycles. The van der Waals surface area contributed by atoms with Gasteiger partial charge in [0.15, 0.2) is 11.5 Å². The molecule has 0 radical (unpaired) electrons. The van der Waals surface area contributed by atoms with Crippen molar-refractivity contribution in [1.29, 1.82) is 0 Å². The van der Waals surface area contributed by atoms with Gasteiger partial charge in [-0.05, 0) is 85.0 Å². The van der Waals surface area contributed by atoms with E-state index in [9.17, 15) is 17.2 Å². The summed E-state index contributed by atoms with van der Waals surface area (Å²) in [6.45, 7) is 0. The molecule has 4 rings (SSSR count). The molecule has 156 valence electrons. The van der Waals surface area contributed by atoms with Crippen LogP contribution in [0.2, 0.25) is 0 Å². The third-order valence-electron chi connectivity index (χ3n) is 7.30. The Morgan fingerprint density at radius 1 is 1.21 bits per heavy atom. The number of methoxy groups -OCH3 is 1. The summed E-state index contributed by atoms with van der Waals surface area (Å²) in [6.07, 6.45) is 4.22. The largest absolute Gasteiger partial charge is 0.493 e. The van der Waals surface area contributed by atoms with Crippen molar-refractivity contribution in [3.05, 3.63) is 23.3 Å². The number of ether oxygens (including phenoxy) is 1. The summed E-state index contributed by atoms with van der Waals surface area (Å²) in [4.78, 5) is 0. The van der Waals surface area contributed by atoms with E-state index in [1.807, 2.05) is 6.07 Å². The average molecular weight is 416 g/mol. The van der Waals surface area contributed by atoms with Gasteiger partial charge >= 0.3 is 10.3 Å². The number of hydrogen-bond donors (Lipinski definition) is 1. The molecule has 0 amide bonds. The van der Waals surface area contributed by atoms with Crippen LogP contribution in [0, 0.1) is 17.3 Å². The maximum atomic E-state index is 13.3. The summed E-state index contributed by atoms with van der Waals surface area (Å²) in [5, 5.41) is 5.02. The van der Waals surface area contributed by atoms with Gasteiger partial charge in [0.1, 0.15) is 0 Å². The van der Waals surface area contributed by atoms with E-state index in [1.165, 1.54) is 7.11 Å². The molecule has 0 aliphatic heterocycles. The van der Waals surface area contributed by atoms with Crippen LogP contribution in [0.5, 0.6) is 11.5 Å². The van der Waals surface area contributed by atoms with Crippen molar-refractivity contribution >= 4 is 10.3 Å². The van der Waals surface area contributed by atoms with Crippen LogP contribution >= 0.6 is 0 Å². The summed E-state index contributed by atoms with van der Waals surface area (Å²) < 4.78 is 59.6. The van der Waals surface area contributed by atoms with Gasteiger partial charge in [0.2, 0.25) is 6.43 Å². The van der Waals surface area contributed by atoms with E-state index >= 15 is 0 Å². The Morgan fingerprint density at radius 2 is 2.00 bits per heavy atom. The summed E-state index contributed by atoms with van der Waals surface area (Å²) in [7, 11) is -2.68. The van der Waals surface area contributed by atoms with Crippen LogP contribution in [0.3, 0.4) is 0 Å². The minimum atomic E-state index is -4.14. The summed E-state index contributed by atoms with van der Waals surface area (Å²) >= 11 is 0. The highest BCUT2D eigenvalue weighted by atomic mass is 32.2. The Bertz CT molecular complexity index is 860. The Labute approximate surface area is 164 Å². The lowest BCUT2D eigenvalue weighted by atomic mass is 9.54. The van der Waals surface area contributed by atoms with Crippen LogP contribution in [0.1, 0.15) is 62.0 Å². The maximum absolute atomic E-state index is 13.3. The molecule has 8 heteroatoms. The molecule has 2 fully saturated rings. The number of hydrogen-bond acceptors (Lipinski definition) is 4. The predicted octanol–water partition coefficient (Wildman–Crippen LogP) is 4.16. The lowest BCUT2D eigenvalue weighted by molar-refractivity contribution is -0.0130. The minimum absolute atomic E-state index is 0.0260. The Balaban J connectivity index is 1.67. The van der Waals surface area contributed by atoms with Gasteiger partial charge in [0, 0.05) is 6.42 Å². The van der Waals surface area contributed by atoms with Gasteiger partial charge in [-0.1, -0.05) is 6.42 Å². The molecular formula is C20H27F2NO4S. The van der Waals surface area contributed by atoms with Gasteiger partial charge in [0.05, 0.1) is 7.11 Å². The topological polar surface area (TPSA) is 78.6 Å². The zero-order chi connectivity index (χ0) is 20.1. The molecule has 3 aliphatic carbocycles. The van der Waals surface area contributed by atoms with Crippen LogP contribution in [-0.4, -0.2) is 22.0 Å². The molecule has 0 spiro atoms. The van der Waals surface area contributed by atoms with E-state index in [1.54, 1.807) is 6.07 Å². The van der Waals surface area contributed by atoms with Crippen molar-refractivity contribution in [2.75, 3.05) is 7.11 Å². The summed E-state index contributed by atoms with van der Waals surface area (Å²) in [5.74, 6) is 1.49. The first-order valence-electron chi connectivity index (χ1n) is 9.93. The number of alkyl halides is 2. The highest BCUT2D eigenvalue weighted by molar-refractivity contribution is 7.84. The van der Waals surface area contributed by atoms with E-state index in [4.69, 9.17) is 14.1 Å². The lowest BCUT2D eigenvalue weighted by Gasteiger charge is -2.50. The van der Waals surface area contributed by atoms with Gasteiger partial charge < -0.3 is 8.92 Å². The van der Waals surface area contributed by atoms with Crippen molar-refractivity contribution in [3.63, 3.8) is 0 Å². The first kappa shape index (κ1) is 19.9. The molecule has 2 saturated carbocycles. The fourth-order valence-corrected chi connectivity index (χ4v) is 6.76. The normalized spacial score (nSPS) is 31.8. The fraction of sp³-hybridized carbons (Fsp3) is 0.700. The SMILES string of the molecule is COc1cc2c(cc1OS(N)(=O)=O)CC[C@@H]1[C@@H]2CC[C@]2(CC(F)F)CCC[C@@H]12. The van der Waals surface area contributed by atoms with E-state index in [-0.39, 0.29) is 17.6 Å². The molecule has 1 aromatic rings. The molecule has 0 saturated heterocycles. The molecule has 0 heterocycles. The van der Waals surface area contributed by atoms with Gasteiger partial charge in [-0.15, -0.1) is 0 Å². The van der Waals surface area contributed by atoms with Gasteiger partial charge in [-0.25, -0.2) is 8.78 Å². The summed E-state index contributed by atoms with van der Waals surface area (Å²) in [5.41, 5.74) is 1.99. The highest BCUT2D eigenvalue weighted by Crippen LogP contribution is 2.63. The Kier molecular flexibility index (Phi) is 5.06. The first-order chi connectivity index (χ1) is 13.2. The van der Waals surface area contributed by atoms with E-state index < -0.39 is 16.7 Å². The second-order valence-corrected chi connectivity index (χ2v) is 9.73. The monoisotopic (exact) mass is 415 g/mol. The van der Waals surface area contributed by atoms with Crippen molar-refractivity contribution in [2.45, 2.75) is 63.7 Å². The van der Waals surface area contributed by atoms with Gasteiger partial charge in [-0.2, -0.15) is 13.6 Å². The third-order valence-corrected chi connectivity index (χ3v) is 7.71. The van der Waals surface area contributed by atoms with Crippen LogP contribution in [0.25, 0.3) is 0 Å². The average Bonchev–Trinajstić information content (AvgIpc) is 3.02. The van der Waals surface area contributed by atoms with Crippen LogP contribution in [0.15, 0.2) is 12.1 Å². The van der Waals surface area contributed by atoms with E-state index in [0.717, 1.165) is 56.1 Å². The third kappa shape index (κ3) is 3.49. The van der Waals surface area contributed by atoms with Crippen LogP contribution in [-0.2, 0) is 16.7 Å². The molecular weight excluding hydrogens is 388 g/mol. The van der Waals surface area contributed by atoms with E-state index in [0.29, 0.717) is 23.5 Å². The number of aryl methyl sites for hydroxylation is 1.